The van der Waals surface area contributed by atoms with E-state index >= 15 is 0 Å². The van der Waals surface area contributed by atoms with Crippen molar-refractivity contribution in [2.45, 2.75) is 11.8 Å². The molecule has 2 nitrogen and oxygen atoms in total. The van der Waals surface area contributed by atoms with Crippen LogP contribution in [0.1, 0.15) is 6.92 Å². The zero-order valence-electron chi connectivity index (χ0n) is 7.67. The number of rotatable bonds is 3. The molecule has 1 heterocycles. The molecule has 0 saturated heterocycles. The van der Waals surface area contributed by atoms with Gasteiger partial charge in [0.15, 0.2) is 11.6 Å². The first-order chi connectivity index (χ1) is 6.11. The summed E-state index contributed by atoms with van der Waals surface area (Å²) in [7, 11) is 1.82. The Labute approximate surface area is 85.9 Å². The van der Waals surface area contributed by atoms with Crippen LogP contribution in [0.2, 0.25) is 0 Å². The third-order valence-electron chi connectivity index (χ3n) is 1.63. The Morgan fingerprint density at radius 2 is 2.38 bits per heavy atom. The summed E-state index contributed by atoms with van der Waals surface area (Å²) in [5, 5.41) is 0. The predicted molar refractivity (Wildman–Crippen MR) is 55.9 cm³/mol. The number of anilines is 1. The summed E-state index contributed by atoms with van der Waals surface area (Å²) in [6.45, 7) is 2.74. The second kappa shape index (κ2) is 4.56. The fourth-order valence-corrected chi connectivity index (χ4v) is 1.56. The monoisotopic (exact) mass is 246 g/mol. The molecule has 1 aromatic rings. The molecule has 0 aliphatic rings. The van der Waals surface area contributed by atoms with Crippen molar-refractivity contribution in [2.24, 2.45) is 0 Å². The Hall–Kier alpha value is -0.640. The third kappa shape index (κ3) is 2.95. The fraction of sp³-hybridized carbons (Fsp3) is 0.444. The molecule has 72 valence electrons. The van der Waals surface area contributed by atoms with Crippen LogP contribution in [0, 0.1) is 5.82 Å². The molecule has 0 aliphatic carbocycles. The lowest BCUT2D eigenvalue weighted by Crippen LogP contribution is -2.25. The molecule has 0 N–H and O–H groups in total. The van der Waals surface area contributed by atoms with Gasteiger partial charge in [-0.15, -0.1) is 0 Å². The Morgan fingerprint density at radius 3 is 2.92 bits per heavy atom. The Kier molecular flexibility index (Phi) is 3.66. The van der Waals surface area contributed by atoms with Gasteiger partial charge in [0.05, 0.1) is 0 Å². The molecule has 1 atom stereocenters. The van der Waals surface area contributed by atoms with Gasteiger partial charge in [-0.3, -0.25) is 0 Å². The minimum Gasteiger partial charge on any atom is -0.356 e. The quantitative estimate of drug-likeness (QED) is 0.762. The summed E-state index contributed by atoms with van der Waals surface area (Å²) >= 11 is 3.40. The van der Waals surface area contributed by atoms with Crippen molar-refractivity contribution in [1.82, 2.24) is 4.98 Å². The second-order valence-corrected chi connectivity index (χ2v) is 4.53. The highest BCUT2D eigenvalue weighted by molar-refractivity contribution is 9.09. The van der Waals surface area contributed by atoms with Crippen molar-refractivity contribution >= 4 is 21.7 Å². The maximum Gasteiger partial charge on any atom is 0.165 e. The molecule has 0 radical (unpaired) electrons. The Morgan fingerprint density at radius 1 is 1.69 bits per heavy atom. The van der Waals surface area contributed by atoms with Crippen molar-refractivity contribution in [3.63, 3.8) is 0 Å². The molecule has 1 rings (SSSR count). The maximum absolute atomic E-state index is 13.2. The van der Waals surface area contributed by atoms with E-state index in [1.807, 2.05) is 14.0 Å². The minimum absolute atomic E-state index is 0.279. The topological polar surface area (TPSA) is 16.1 Å². The Balaban J connectivity index is 2.76. The van der Waals surface area contributed by atoms with E-state index in [-0.39, 0.29) is 5.82 Å². The number of pyridine rings is 1. The number of halogens is 2. The van der Waals surface area contributed by atoms with Crippen LogP contribution in [0.3, 0.4) is 0 Å². The summed E-state index contributed by atoms with van der Waals surface area (Å²) in [5.41, 5.74) is 0. The van der Waals surface area contributed by atoms with Crippen LogP contribution >= 0.6 is 15.9 Å². The van der Waals surface area contributed by atoms with Gasteiger partial charge in [0.25, 0.3) is 0 Å². The first-order valence-corrected chi connectivity index (χ1v) is 4.98. The van der Waals surface area contributed by atoms with E-state index in [1.54, 1.807) is 17.2 Å². The lowest BCUT2D eigenvalue weighted by Gasteiger charge is -2.19. The summed E-state index contributed by atoms with van der Waals surface area (Å²) in [6, 6.07) is 3.00. The average molecular weight is 247 g/mol. The van der Waals surface area contributed by atoms with Crippen LogP contribution in [-0.2, 0) is 0 Å². The summed E-state index contributed by atoms with van der Waals surface area (Å²) in [5.74, 6) is 0.118. The molecule has 0 bridgehead atoms. The number of alkyl halides is 1. The molecular weight excluding hydrogens is 235 g/mol. The highest BCUT2D eigenvalue weighted by Gasteiger charge is 2.09. The molecule has 0 aromatic carbocycles. The molecule has 13 heavy (non-hydrogen) atoms. The highest BCUT2D eigenvalue weighted by atomic mass is 79.9. The van der Waals surface area contributed by atoms with Crippen molar-refractivity contribution in [1.29, 1.82) is 0 Å². The van der Waals surface area contributed by atoms with Crippen molar-refractivity contribution < 1.29 is 4.39 Å². The largest absolute Gasteiger partial charge is 0.356 e. The van der Waals surface area contributed by atoms with E-state index < -0.39 is 0 Å². The summed E-state index contributed by atoms with van der Waals surface area (Å²) in [6.07, 6.45) is 1.59. The van der Waals surface area contributed by atoms with Gasteiger partial charge in [0.1, 0.15) is 0 Å². The van der Waals surface area contributed by atoms with E-state index in [2.05, 4.69) is 20.9 Å². The predicted octanol–water partition coefficient (Wildman–Crippen LogP) is 2.44. The highest BCUT2D eigenvalue weighted by Crippen LogP contribution is 2.14. The van der Waals surface area contributed by atoms with E-state index in [0.717, 1.165) is 6.54 Å². The molecule has 0 amide bonds. The molecule has 0 fully saturated rings. The standard InChI is InChI=1S/C9H12BrFN2/c1-7(10)6-13(2)9-8(11)4-3-5-12-9/h3-5,7H,6H2,1-2H3. The van der Waals surface area contributed by atoms with Gasteiger partial charge in [-0.05, 0) is 12.1 Å². The van der Waals surface area contributed by atoms with Crippen LogP contribution in [0.4, 0.5) is 10.2 Å². The molecule has 0 aliphatic heterocycles. The molecule has 4 heteroatoms. The number of hydrogen-bond donors (Lipinski definition) is 0. The molecule has 0 saturated carbocycles. The number of hydrogen-bond acceptors (Lipinski definition) is 2. The van der Waals surface area contributed by atoms with Gasteiger partial charge in [0.2, 0.25) is 0 Å². The zero-order chi connectivity index (χ0) is 9.84. The first-order valence-electron chi connectivity index (χ1n) is 4.07. The van der Waals surface area contributed by atoms with Gasteiger partial charge in [-0.25, -0.2) is 9.37 Å². The average Bonchev–Trinajstić information content (AvgIpc) is 2.03. The fourth-order valence-electron chi connectivity index (χ4n) is 1.12. The van der Waals surface area contributed by atoms with E-state index in [0.29, 0.717) is 10.6 Å². The van der Waals surface area contributed by atoms with Crippen LogP contribution in [0.5, 0.6) is 0 Å². The van der Waals surface area contributed by atoms with Crippen LogP contribution < -0.4 is 4.90 Å². The van der Waals surface area contributed by atoms with Gasteiger partial charge >= 0.3 is 0 Å². The normalized spacial score (nSPS) is 12.6. The van der Waals surface area contributed by atoms with E-state index in [9.17, 15) is 4.39 Å². The zero-order valence-corrected chi connectivity index (χ0v) is 9.25. The summed E-state index contributed by atoms with van der Waals surface area (Å²) in [4.78, 5) is 6.07. The van der Waals surface area contributed by atoms with Crippen LogP contribution in [0.15, 0.2) is 18.3 Å². The van der Waals surface area contributed by atoms with Gasteiger partial charge in [-0.1, -0.05) is 22.9 Å². The lowest BCUT2D eigenvalue weighted by molar-refractivity contribution is 0.615. The van der Waals surface area contributed by atoms with Crippen molar-refractivity contribution in [3.05, 3.63) is 24.1 Å². The van der Waals surface area contributed by atoms with Crippen molar-refractivity contribution in [3.8, 4) is 0 Å². The van der Waals surface area contributed by atoms with E-state index in [4.69, 9.17) is 0 Å². The number of nitrogens with zero attached hydrogens (tertiary/aromatic N) is 2. The minimum atomic E-state index is -0.279. The van der Waals surface area contributed by atoms with Crippen molar-refractivity contribution in [2.75, 3.05) is 18.5 Å². The molecule has 1 unspecified atom stereocenters. The van der Waals surface area contributed by atoms with Gasteiger partial charge in [0, 0.05) is 24.6 Å². The first kappa shape index (κ1) is 10.4. The molecule has 0 spiro atoms. The maximum atomic E-state index is 13.2. The van der Waals surface area contributed by atoms with Crippen LogP contribution in [-0.4, -0.2) is 23.4 Å². The Bertz CT molecular complexity index is 278. The third-order valence-corrected chi connectivity index (χ3v) is 1.92. The number of aromatic nitrogens is 1. The molecule has 1 aromatic heterocycles. The smallest absolute Gasteiger partial charge is 0.165 e. The van der Waals surface area contributed by atoms with E-state index in [1.165, 1.54) is 6.07 Å². The SMILES string of the molecule is CC(Br)CN(C)c1ncccc1F. The van der Waals surface area contributed by atoms with Gasteiger partial charge < -0.3 is 4.90 Å². The van der Waals surface area contributed by atoms with Crippen LogP contribution in [0.25, 0.3) is 0 Å². The van der Waals surface area contributed by atoms with Gasteiger partial charge in [-0.2, -0.15) is 0 Å². The molecular formula is C9H12BrFN2. The summed E-state index contributed by atoms with van der Waals surface area (Å²) < 4.78 is 13.2. The lowest BCUT2D eigenvalue weighted by atomic mass is 10.4. The second-order valence-electron chi connectivity index (χ2n) is 2.97.